The zero-order valence-corrected chi connectivity index (χ0v) is 25.1. The Bertz CT molecular complexity index is 1960. The van der Waals surface area contributed by atoms with E-state index in [0.717, 1.165) is 51.4 Å². The second kappa shape index (κ2) is 10.6. The molecule has 0 aliphatic carbocycles. The zero-order chi connectivity index (χ0) is 27.9. The van der Waals surface area contributed by atoms with Crippen molar-refractivity contribution in [1.82, 2.24) is 14.1 Å². The molecule has 2 aromatic heterocycles. The fourth-order valence-electron chi connectivity index (χ4n) is 5.65. The van der Waals surface area contributed by atoms with E-state index >= 15 is 0 Å². The van der Waals surface area contributed by atoms with E-state index in [-0.39, 0.29) is 0 Å². The van der Waals surface area contributed by atoms with Crippen molar-refractivity contribution in [2.75, 3.05) is 11.4 Å². The van der Waals surface area contributed by atoms with Crippen molar-refractivity contribution < 1.29 is 24.1 Å². The Morgan fingerprint density at radius 2 is 1.66 bits per heavy atom. The molecule has 0 saturated heterocycles. The van der Waals surface area contributed by atoms with Gasteiger partial charge in [0, 0.05) is 6.20 Å². The number of aromatic nitrogens is 3. The molecule has 0 radical (unpaired) electrons. The number of nitrogens with zero attached hydrogens (tertiary/aromatic N) is 4. The number of para-hydroxylation sites is 2. The maximum absolute atomic E-state index is 6.55. The fourth-order valence-corrected chi connectivity index (χ4v) is 6.47. The molecule has 1 aliphatic rings. The molecule has 0 N–H and O–H groups in total. The molecule has 206 valence electrons. The Labute approximate surface area is 250 Å². The summed E-state index contributed by atoms with van der Waals surface area (Å²) in [6.45, 7) is 2.99. The summed E-state index contributed by atoms with van der Waals surface area (Å²) in [5, 5.41) is 0. The summed E-state index contributed by atoms with van der Waals surface area (Å²) in [7, 11) is 2.09. The quantitative estimate of drug-likeness (QED) is 0.171. The van der Waals surface area contributed by atoms with Crippen LogP contribution in [0.1, 0.15) is 17.5 Å². The summed E-state index contributed by atoms with van der Waals surface area (Å²) in [6, 6.07) is 38.4. The number of benzene rings is 4. The molecule has 6 heteroatoms. The molecule has 4 aromatic carbocycles. The number of aryl methyl sites for hydroxylation is 2. The van der Waals surface area contributed by atoms with Gasteiger partial charge in [-0.05, 0) is 18.6 Å². The summed E-state index contributed by atoms with van der Waals surface area (Å²) in [4.78, 5) is 6.99. The normalized spacial score (nSPS) is 12.9. The topological polar surface area (TPSA) is 35.2 Å². The van der Waals surface area contributed by atoms with Gasteiger partial charge in [-0.15, -0.1) is 0 Å². The van der Waals surface area contributed by atoms with Crippen LogP contribution in [0.2, 0.25) is 0 Å². The molecule has 5 nitrogen and oxygen atoms in total. The summed E-state index contributed by atoms with van der Waals surface area (Å²) in [5.74, 6) is 2.24. The van der Waals surface area contributed by atoms with E-state index in [1.54, 1.807) is 0 Å². The molecule has 3 heterocycles. The van der Waals surface area contributed by atoms with Crippen molar-refractivity contribution in [2.24, 2.45) is 7.05 Å². The number of hydrogen-bond acceptors (Lipinski definition) is 3. The van der Waals surface area contributed by atoms with Gasteiger partial charge < -0.3 is 0 Å². The van der Waals surface area contributed by atoms with Gasteiger partial charge in [0.15, 0.2) is 0 Å². The van der Waals surface area contributed by atoms with Crippen LogP contribution in [0.4, 0.5) is 11.5 Å². The maximum atomic E-state index is 6.55. The molecule has 41 heavy (non-hydrogen) atoms. The molecular formula is C35H28N4OPt-2. The molecule has 0 unspecified atom stereocenters. The van der Waals surface area contributed by atoms with E-state index in [9.17, 15) is 0 Å². The summed E-state index contributed by atoms with van der Waals surface area (Å²) in [6.07, 6.45) is 3.91. The van der Waals surface area contributed by atoms with Gasteiger partial charge in [0.25, 0.3) is 0 Å². The third kappa shape index (κ3) is 4.75. The molecule has 0 bridgehead atoms. The SMILES string of the molecule is Cc1ccnc(N2CCCc3c2[c-]c(Oc2[c-]c(-n4[c](=[Pt])n(C)c5ccccc54)ccc2)cc3-c2ccccc2)c1. The molecule has 0 saturated carbocycles. The summed E-state index contributed by atoms with van der Waals surface area (Å²) >= 11 is 2.37. The first kappa shape index (κ1) is 25.7. The van der Waals surface area contributed by atoms with E-state index in [0.29, 0.717) is 11.5 Å². The van der Waals surface area contributed by atoms with Gasteiger partial charge in [-0.2, -0.15) is 0 Å². The molecule has 0 amide bonds. The number of pyridine rings is 1. The van der Waals surface area contributed by atoms with Crippen molar-refractivity contribution in [1.29, 1.82) is 0 Å². The molecule has 1 aliphatic heterocycles. The van der Waals surface area contributed by atoms with Gasteiger partial charge in [0.05, 0.1) is 0 Å². The van der Waals surface area contributed by atoms with Crippen molar-refractivity contribution in [3.8, 4) is 28.3 Å². The average Bonchev–Trinajstić information content (AvgIpc) is 3.26. The van der Waals surface area contributed by atoms with E-state index in [1.807, 2.05) is 24.4 Å². The van der Waals surface area contributed by atoms with Gasteiger partial charge in [-0.3, -0.25) is 0 Å². The first-order valence-electron chi connectivity index (χ1n) is 13.7. The number of anilines is 2. The van der Waals surface area contributed by atoms with Crippen molar-refractivity contribution in [2.45, 2.75) is 19.8 Å². The standard InChI is InChI=1S/C35H28N4O.Pt/c1-25-17-18-36-35(20-25)38-19-9-14-30-31(26-10-4-3-5-11-26)22-29(23-34(30)38)40-28-13-8-12-27(21-28)39-24-37(2)32-15-6-7-16-33(32)39;/h3-8,10-13,15-18,20,22H,9,14,19H2,1-2H3;/q-2;. The van der Waals surface area contributed by atoms with Gasteiger partial charge in [0.1, 0.15) is 0 Å². The van der Waals surface area contributed by atoms with Gasteiger partial charge in [-0.1, -0.05) is 6.07 Å². The third-order valence-electron chi connectivity index (χ3n) is 7.59. The monoisotopic (exact) mass is 715 g/mol. The Balaban J connectivity index is 1.34. The van der Waals surface area contributed by atoms with Crippen LogP contribution in [0.3, 0.4) is 0 Å². The Morgan fingerprint density at radius 1 is 0.854 bits per heavy atom. The van der Waals surface area contributed by atoms with Crippen molar-refractivity contribution in [3.63, 3.8) is 0 Å². The van der Waals surface area contributed by atoms with Crippen LogP contribution < -0.4 is 9.64 Å². The number of ether oxygens (including phenoxy) is 1. The van der Waals surface area contributed by atoms with Crippen molar-refractivity contribution >= 4 is 22.5 Å². The van der Waals surface area contributed by atoms with Crippen LogP contribution in [0.25, 0.3) is 27.8 Å². The summed E-state index contributed by atoms with van der Waals surface area (Å²) < 4.78 is 12.0. The fraction of sp³-hybridized carbons (Fsp3) is 0.143. The van der Waals surface area contributed by atoms with Crippen LogP contribution in [0.15, 0.2) is 97.2 Å². The van der Waals surface area contributed by atoms with Crippen LogP contribution in [0.5, 0.6) is 11.5 Å². The number of rotatable bonds is 5. The molecule has 6 aromatic rings. The molecule has 0 spiro atoms. The first-order valence-corrected chi connectivity index (χ1v) is 14.9. The van der Waals surface area contributed by atoms with E-state index < -0.39 is 0 Å². The average molecular weight is 716 g/mol. The minimum atomic E-state index is 0.644. The van der Waals surface area contributed by atoms with Crippen LogP contribution >= 0.6 is 0 Å². The Hall–Kier alpha value is -4.21. The van der Waals surface area contributed by atoms with Gasteiger partial charge in [0.2, 0.25) is 0 Å². The number of hydrogen-bond donors (Lipinski definition) is 0. The van der Waals surface area contributed by atoms with Crippen LogP contribution in [-0.4, -0.2) is 20.7 Å². The van der Waals surface area contributed by atoms with Gasteiger partial charge >= 0.3 is 221 Å². The van der Waals surface area contributed by atoms with Crippen LogP contribution in [0, 0.1) is 22.9 Å². The number of imidazole rings is 1. The summed E-state index contributed by atoms with van der Waals surface area (Å²) in [5.41, 5.74) is 9.04. The predicted molar refractivity (Wildman–Crippen MR) is 159 cm³/mol. The Kier molecular flexibility index (Phi) is 6.68. The minimum absolute atomic E-state index is 0.644. The van der Waals surface area contributed by atoms with E-state index in [1.165, 1.54) is 22.3 Å². The zero-order valence-electron chi connectivity index (χ0n) is 22.9. The second-order valence-electron chi connectivity index (χ2n) is 10.3. The predicted octanol–water partition coefficient (Wildman–Crippen LogP) is 7.90. The van der Waals surface area contributed by atoms with Gasteiger partial charge in [-0.25, -0.2) is 0 Å². The van der Waals surface area contributed by atoms with E-state index in [2.05, 4.69) is 132 Å². The number of fused-ring (bicyclic) bond motifs is 2. The first-order chi connectivity index (χ1) is 20.1. The Morgan fingerprint density at radius 3 is 2.49 bits per heavy atom. The molecule has 0 atom stereocenters. The molecular weight excluding hydrogens is 687 g/mol. The molecule has 0 fully saturated rings. The third-order valence-corrected chi connectivity index (χ3v) is 8.86. The van der Waals surface area contributed by atoms with E-state index in [4.69, 9.17) is 9.72 Å². The second-order valence-corrected chi connectivity index (χ2v) is 11.3. The molecule has 7 rings (SSSR count). The van der Waals surface area contributed by atoms with Crippen molar-refractivity contribution in [3.05, 3.63) is 124 Å². The van der Waals surface area contributed by atoms with Crippen LogP contribution in [-0.2, 0) is 32.8 Å².